The largest absolute Gasteiger partial charge is 0.351 e. The van der Waals surface area contributed by atoms with Crippen LogP contribution in [0.3, 0.4) is 0 Å². The van der Waals surface area contributed by atoms with Gasteiger partial charge < -0.3 is 10.2 Å². The minimum absolute atomic E-state index is 0.0703. The van der Waals surface area contributed by atoms with Gasteiger partial charge in [0.25, 0.3) is 0 Å². The number of fused-ring (bicyclic) bond motifs is 1. The summed E-state index contributed by atoms with van der Waals surface area (Å²) in [6.07, 6.45) is 2.63. The number of anilines is 1. The molecule has 3 nitrogen and oxygen atoms in total. The first-order chi connectivity index (χ1) is 8.88. The number of hydrogen-bond donors (Lipinski definition) is 1. The number of hydrogen-bond acceptors (Lipinski definition) is 2. The second-order valence-electron chi connectivity index (χ2n) is 6.47. The van der Waals surface area contributed by atoms with Crippen LogP contribution in [0.4, 0.5) is 5.69 Å². The number of likely N-dealkylation sites (N-methyl/N-ethyl adjacent to an activating group) is 1. The lowest BCUT2D eigenvalue weighted by molar-refractivity contribution is -0.126. The Morgan fingerprint density at radius 2 is 2.05 bits per heavy atom. The maximum atomic E-state index is 11.9. The molecule has 2 aliphatic heterocycles. The molecule has 1 N–H and O–H groups in total. The van der Waals surface area contributed by atoms with Crippen molar-refractivity contribution in [2.75, 3.05) is 11.9 Å². The average Bonchev–Trinajstić information content (AvgIpc) is 2.50. The summed E-state index contributed by atoms with van der Waals surface area (Å²) in [4.78, 5) is 14.2. The Kier molecular flexibility index (Phi) is 2.47. The van der Waals surface area contributed by atoms with Crippen LogP contribution in [0, 0.1) is 6.92 Å². The molecule has 1 atom stereocenters. The van der Waals surface area contributed by atoms with Crippen molar-refractivity contribution in [1.82, 2.24) is 5.32 Å². The second-order valence-corrected chi connectivity index (χ2v) is 6.47. The highest BCUT2D eigenvalue weighted by atomic mass is 16.2. The minimum Gasteiger partial charge on any atom is -0.351 e. The molecule has 2 aliphatic rings. The first-order valence-corrected chi connectivity index (χ1v) is 7.04. The van der Waals surface area contributed by atoms with Crippen LogP contribution in [0.15, 0.2) is 18.2 Å². The SMILES string of the molecule is Cc1ccc2c(c1)C(C)(C)C1(CCCC(=O)N1)N2C. The molecule has 1 aromatic rings. The summed E-state index contributed by atoms with van der Waals surface area (Å²) in [5.41, 5.74) is 3.53. The predicted molar refractivity (Wildman–Crippen MR) is 77.3 cm³/mol. The summed E-state index contributed by atoms with van der Waals surface area (Å²) in [5.74, 6) is 0.177. The first kappa shape index (κ1) is 12.5. The van der Waals surface area contributed by atoms with Crippen molar-refractivity contribution in [3.8, 4) is 0 Å². The topological polar surface area (TPSA) is 32.3 Å². The van der Waals surface area contributed by atoms with Gasteiger partial charge >= 0.3 is 0 Å². The fourth-order valence-electron chi connectivity index (χ4n) is 3.87. The highest BCUT2D eigenvalue weighted by Crippen LogP contribution is 2.52. The predicted octanol–water partition coefficient (Wildman–Crippen LogP) is 2.72. The number of benzene rings is 1. The molecule has 0 aromatic heterocycles. The second kappa shape index (κ2) is 3.75. The van der Waals surface area contributed by atoms with E-state index in [0.29, 0.717) is 6.42 Å². The van der Waals surface area contributed by atoms with E-state index in [-0.39, 0.29) is 17.0 Å². The van der Waals surface area contributed by atoms with Crippen LogP contribution in [0.5, 0.6) is 0 Å². The molecule has 0 saturated carbocycles. The summed E-state index contributed by atoms with van der Waals surface area (Å²) in [6, 6.07) is 6.60. The first-order valence-electron chi connectivity index (χ1n) is 7.04. The number of amides is 1. The monoisotopic (exact) mass is 258 g/mol. The Bertz CT molecular complexity index is 550. The van der Waals surface area contributed by atoms with E-state index in [1.54, 1.807) is 0 Å². The molecule has 1 unspecified atom stereocenters. The molecule has 3 rings (SSSR count). The maximum absolute atomic E-state index is 11.9. The average molecular weight is 258 g/mol. The van der Waals surface area contributed by atoms with Gasteiger partial charge in [-0.2, -0.15) is 0 Å². The van der Waals surface area contributed by atoms with Gasteiger partial charge in [0.1, 0.15) is 5.66 Å². The Morgan fingerprint density at radius 1 is 1.32 bits per heavy atom. The Morgan fingerprint density at radius 3 is 2.74 bits per heavy atom. The number of carbonyl (C=O) groups excluding carboxylic acids is 1. The Hall–Kier alpha value is -1.51. The van der Waals surface area contributed by atoms with E-state index in [1.165, 1.54) is 16.8 Å². The van der Waals surface area contributed by atoms with Crippen LogP contribution in [0.25, 0.3) is 0 Å². The third kappa shape index (κ3) is 1.47. The summed E-state index contributed by atoms with van der Waals surface area (Å²) >= 11 is 0. The van der Waals surface area contributed by atoms with E-state index in [0.717, 1.165) is 12.8 Å². The van der Waals surface area contributed by atoms with Crippen LogP contribution in [-0.2, 0) is 10.2 Å². The molecule has 0 bridgehead atoms. The molecular weight excluding hydrogens is 236 g/mol. The highest BCUT2D eigenvalue weighted by Gasteiger charge is 2.57. The third-order valence-electron chi connectivity index (χ3n) is 5.08. The van der Waals surface area contributed by atoms with E-state index in [1.807, 2.05) is 0 Å². The van der Waals surface area contributed by atoms with Crippen molar-refractivity contribution >= 4 is 11.6 Å². The van der Waals surface area contributed by atoms with Gasteiger partial charge in [-0.3, -0.25) is 4.79 Å². The molecule has 1 aromatic carbocycles. The van der Waals surface area contributed by atoms with Gasteiger partial charge in [-0.05, 0) is 31.4 Å². The van der Waals surface area contributed by atoms with Gasteiger partial charge in [-0.1, -0.05) is 31.5 Å². The number of nitrogens with zero attached hydrogens (tertiary/aromatic N) is 1. The normalized spacial score (nSPS) is 28.4. The smallest absolute Gasteiger partial charge is 0.221 e. The molecule has 2 heterocycles. The lowest BCUT2D eigenvalue weighted by Gasteiger charge is -2.49. The lowest BCUT2D eigenvalue weighted by atomic mass is 9.72. The molecule has 102 valence electrons. The van der Waals surface area contributed by atoms with Crippen molar-refractivity contribution in [2.24, 2.45) is 0 Å². The van der Waals surface area contributed by atoms with Crippen LogP contribution in [-0.4, -0.2) is 18.6 Å². The number of nitrogens with one attached hydrogen (secondary N) is 1. The molecule has 3 heteroatoms. The van der Waals surface area contributed by atoms with Crippen molar-refractivity contribution in [2.45, 2.75) is 51.1 Å². The van der Waals surface area contributed by atoms with Gasteiger partial charge in [0.15, 0.2) is 0 Å². The van der Waals surface area contributed by atoms with E-state index in [2.05, 4.69) is 56.2 Å². The molecule has 0 radical (unpaired) electrons. The molecule has 19 heavy (non-hydrogen) atoms. The van der Waals surface area contributed by atoms with Crippen molar-refractivity contribution < 1.29 is 4.79 Å². The van der Waals surface area contributed by atoms with Crippen molar-refractivity contribution in [1.29, 1.82) is 0 Å². The fourth-order valence-corrected chi connectivity index (χ4v) is 3.87. The number of piperidine rings is 1. The Labute approximate surface area is 115 Å². The fraction of sp³-hybridized carbons (Fsp3) is 0.562. The van der Waals surface area contributed by atoms with E-state index >= 15 is 0 Å². The quantitative estimate of drug-likeness (QED) is 0.776. The van der Waals surface area contributed by atoms with E-state index < -0.39 is 0 Å². The van der Waals surface area contributed by atoms with Crippen molar-refractivity contribution in [3.05, 3.63) is 29.3 Å². The zero-order valence-corrected chi connectivity index (χ0v) is 12.2. The lowest BCUT2D eigenvalue weighted by Crippen LogP contribution is -2.67. The zero-order valence-electron chi connectivity index (χ0n) is 12.2. The van der Waals surface area contributed by atoms with E-state index in [9.17, 15) is 4.79 Å². The number of aryl methyl sites for hydroxylation is 1. The molecule has 1 fully saturated rings. The third-order valence-corrected chi connectivity index (χ3v) is 5.08. The zero-order chi connectivity index (χ0) is 13.8. The number of carbonyl (C=O) groups is 1. The summed E-state index contributed by atoms with van der Waals surface area (Å²) in [6.45, 7) is 6.63. The van der Waals surface area contributed by atoms with Gasteiger partial charge in [0.05, 0.1) is 0 Å². The standard InChI is InChI=1S/C16H22N2O/c1-11-7-8-13-12(10-11)15(2,3)16(18(13)4)9-5-6-14(19)17-16/h7-8,10H,5-6,9H2,1-4H3,(H,17,19). The van der Waals surface area contributed by atoms with Gasteiger partial charge in [0.2, 0.25) is 5.91 Å². The molecule has 1 amide bonds. The van der Waals surface area contributed by atoms with Crippen LogP contribution < -0.4 is 10.2 Å². The minimum atomic E-state index is -0.265. The summed E-state index contributed by atoms with van der Waals surface area (Å²) in [7, 11) is 2.11. The number of rotatable bonds is 0. The maximum Gasteiger partial charge on any atom is 0.221 e. The van der Waals surface area contributed by atoms with Crippen LogP contribution >= 0.6 is 0 Å². The molecule has 1 spiro atoms. The van der Waals surface area contributed by atoms with Crippen LogP contribution in [0.1, 0.15) is 44.2 Å². The van der Waals surface area contributed by atoms with E-state index in [4.69, 9.17) is 0 Å². The highest BCUT2D eigenvalue weighted by molar-refractivity contribution is 5.81. The summed E-state index contributed by atoms with van der Waals surface area (Å²) < 4.78 is 0. The van der Waals surface area contributed by atoms with Crippen molar-refractivity contribution in [3.63, 3.8) is 0 Å². The van der Waals surface area contributed by atoms with Gasteiger partial charge in [-0.15, -0.1) is 0 Å². The van der Waals surface area contributed by atoms with Gasteiger partial charge in [-0.25, -0.2) is 0 Å². The molecular formula is C16H22N2O. The molecule has 1 saturated heterocycles. The van der Waals surface area contributed by atoms with Crippen LogP contribution in [0.2, 0.25) is 0 Å². The molecule has 0 aliphatic carbocycles. The van der Waals surface area contributed by atoms with Gasteiger partial charge in [0, 0.05) is 24.6 Å². The summed E-state index contributed by atoms with van der Waals surface area (Å²) in [5, 5.41) is 3.29. The Balaban J connectivity index is 2.17.